The topological polar surface area (TPSA) is 44.5 Å². The lowest BCUT2D eigenvalue weighted by atomic mass is 10.0. The zero-order chi connectivity index (χ0) is 11.9. The van der Waals surface area contributed by atoms with Crippen LogP contribution in [-0.2, 0) is 9.47 Å². The molecule has 0 radical (unpaired) electrons. The SMILES string of the molecule is C=CCOC(C)(C)COC(C)(C)CCN. The van der Waals surface area contributed by atoms with Gasteiger partial charge < -0.3 is 15.2 Å². The van der Waals surface area contributed by atoms with Crippen molar-refractivity contribution in [3.63, 3.8) is 0 Å². The Morgan fingerprint density at radius 1 is 1.13 bits per heavy atom. The van der Waals surface area contributed by atoms with Gasteiger partial charge in [0.25, 0.3) is 0 Å². The van der Waals surface area contributed by atoms with Gasteiger partial charge in [0.1, 0.15) is 0 Å². The molecule has 0 saturated carbocycles. The Morgan fingerprint density at radius 2 is 1.73 bits per heavy atom. The maximum atomic E-state index is 5.79. The highest BCUT2D eigenvalue weighted by molar-refractivity contribution is 4.76. The van der Waals surface area contributed by atoms with Gasteiger partial charge in [0.05, 0.1) is 24.4 Å². The molecule has 0 aromatic rings. The molecule has 0 rings (SSSR count). The molecule has 0 saturated heterocycles. The van der Waals surface area contributed by atoms with Gasteiger partial charge in [-0.3, -0.25) is 0 Å². The van der Waals surface area contributed by atoms with Crippen molar-refractivity contribution in [2.45, 2.75) is 45.3 Å². The highest BCUT2D eigenvalue weighted by Crippen LogP contribution is 2.18. The second-order valence-corrected chi connectivity index (χ2v) is 4.95. The molecule has 0 spiro atoms. The number of hydrogen-bond donors (Lipinski definition) is 1. The van der Waals surface area contributed by atoms with Gasteiger partial charge in [-0.05, 0) is 40.7 Å². The molecule has 15 heavy (non-hydrogen) atoms. The summed E-state index contributed by atoms with van der Waals surface area (Å²) >= 11 is 0. The van der Waals surface area contributed by atoms with Gasteiger partial charge in [-0.1, -0.05) is 6.08 Å². The van der Waals surface area contributed by atoms with Crippen molar-refractivity contribution >= 4 is 0 Å². The van der Waals surface area contributed by atoms with Gasteiger partial charge in [-0.2, -0.15) is 0 Å². The second-order valence-electron chi connectivity index (χ2n) is 4.95. The Balaban J connectivity index is 3.95. The van der Waals surface area contributed by atoms with Crippen LogP contribution in [0.15, 0.2) is 12.7 Å². The van der Waals surface area contributed by atoms with Crippen LogP contribution in [0.3, 0.4) is 0 Å². The Morgan fingerprint density at radius 3 is 2.20 bits per heavy atom. The van der Waals surface area contributed by atoms with Gasteiger partial charge in [-0.25, -0.2) is 0 Å². The minimum atomic E-state index is -0.278. The lowest BCUT2D eigenvalue weighted by molar-refractivity contribution is -0.115. The van der Waals surface area contributed by atoms with Crippen LogP contribution in [0, 0.1) is 0 Å². The quantitative estimate of drug-likeness (QED) is 0.631. The molecule has 3 heteroatoms. The highest BCUT2D eigenvalue weighted by atomic mass is 16.6. The molecule has 0 aliphatic heterocycles. The molecule has 0 heterocycles. The summed E-state index contributed by atoms with van der Waals surface area (Å²) in [5.74, 6) is 0. The van der Waals surface area contributed by atoms with Gasteiger partial charge in [0.2, 0.25) is 0 Å². The monoisotopic (exact) mass is 215 g/mol. The molecular formula is C12H25NO2. The fourth-order valence-electron chi connectivity index (χ4n) is 1.12. The van der Waals surface area contributed by atoms with Crippen LogP contribution in [0.2, 0.25) is 0 Å². The van der Waals surface area contributed by atoms with E-state index in [1.807, 2.05) is 27.7 Å². The maximum Gasteiger partial charge on any atom is 0.0863 e. The first-order chi connectivity index (χ1) is 6.83. The summed E-state index contributed by atoms with van der Waals surface area (Å²) < 4.78 is 11.4. The summed E-state index contributed by atoms with van der Waals surface area (Å²) in [5.41, 5.74) is 5.05. The minimum absolute atomic E-state index is 0.177. The summed E-state index contributed by atoms with van der Waals surface area (Å²) in [7, 11) is 0. The third kappa shape index (κ3) is 7.54. The van der Waals surface area contributed by atoms with E-state index in [1.54, 1.807) is 6.08 Å². The summed E-state index contributed by atoms with van der Waals surface area (Å²) in [6, 6.07) is 0. The van der Waals surface area contributed by atoms with Crippen molar-refractivity contribution in [1.29, 1.82) is 0 Å². The third-order valence-electron chi connectivity index (χ3n) is 2.15. The van der Waals surface area contributed by atoms with Crippen LogP contribution in [0.5, 0.6) is 0 Å². The summed E-state index contributed by atoms with van der Waals surface area (Å²) in [6.45, 7) is 13.5. The van der Waals surface area contributed by atoms with Crippen LogP contribution in [0.4, 0.5) is 0 Å². The summed E-state index contributed by atoms with van der Waals surface area (Å²) in [4.78, 5) is 0. The maximum absolute atomic E-state index is 5.79. The van der Waals surface area contributed by atoms with Crippen molar-refractivity contribution in [1.82, 2.24) is 0 Å². The van der Waals surface area contributed by atoms with E-state index < -0.39 is 0 Å². The lowest BCUT2D eigenvalue weighted by Crippen LogP contribution is -2.37. The molecule has 2 N–H and O–H groups in total. The lowest BCUT2D eigenvalue weighted by Gasteiger charge is -2.31. The van der Waals surface area contributed by atoms with Crippen LogP contribution < -0.4 is 5.73 Å². The summed E-state index contributed by atoms with van der Waals surface area (Å²) in [6.07, 6.45) is 2.59. The average molecular weight is 215 g/mol. The van der Waals surface area contributed by atoms with Gasteiger partial charge >= 0.3 is 0 Å². The molecule has 0 aromatic carbocycles. The Kier molecular flexibility index (Phi) is 6.10. The van der Waals surface area contributed by atoms with Gasteiger partial charge in [0, 0.05) is 0 Å². The smallest absolute Gasteiger partial charge is 0.0863 e. The van der Waals surface area contributed by atoms with Crippen molar-refractivity contribution in [3.05, 3.63) is 12.7 Å². The van der Waals surface area contributed by atoms with E-state index in [4.69, 9.17) is 15.2 Å². The molecule has 0 fully saturated rings. The first kappa shape index (κ1) is 14.6. The van der Waals surface area contributed by atoms with Crippen LogP contribution in [0.1, 0.15) is 34.1 Å². The van der Waals surface area contributed by atoms with Crippen molar-refractivity contribution in [2.24, 2.45) is 5.73 Å². The fourth-order valence-corrected chi connectivity index (χ4v) is 1.12. The predicted molar refractivity (Wildman–Crippen MR) is 63.9 cm³/mol. The predicted octanol–water partition coefficient (Wildman–Crippen LogP) is 2.11. The Hall–Kier alpha value is -0.380. The van der Waals surface area contributed by atoms with Crippen LogP contribution in [-0.4, -0.2) is 31.0 Å². The summed E-state index contributed by atoms with van der Waals surface area (Å²) in [5, 5.41) is 0. The average Bonchev–Trinajstić information content (AvgIpc) is 2.12. The zero-order valence-electron chi connectivity index (χ0n) is 10.5. The molecule has 0 unspecified atom stereocenters. The number of ether oxygens (including phenoxy) is 2. The molecule has 0 bridgehead atoms. The molecule has 0 aliphatic rings. The molecular weight excluding hydrogens is 190 g/mol. The Bertz CT molecular complexity index is 188. The molecule has 0 aliphatic carbocycles. The van der Waals surface area contributed by atoms with E-state index in [2.05, 4.69) is 6.58 Å². The van der Waals surface area contributed by atoms with Gasteiger partial charge in [-0.15, -0.1) is 6.58 Å². The van der Waals surface area contributed by atoms with Crippen LogP contribution in [0.25, 0.3) is 0 Å². The van der Waals surface area contributed by atoms with Crippen molar-refractivity contribution < 1.29 is 9.47 Å². The highest BCUT2D eigenvalue weighted by Gasteiger charge is 2.24. The normalized spacial score (nSPS) is 12.9. The van der Waals surface area contributed by atoms with E-state index >= 15 is 0 Å². The van der Waals surface area contributed by atoms with Crippen molar-refractivity contribution in [2.75, 3.05) is 19.8 Å². The van der Waals surface area contributed by atoms with E-state index in [1.165, 1.54) is 0 Å². The number of hydrogen-bond acceptors (Lipinski definition) is 3. The van der Waals surface area contributed by atoms with Crippen LogP contribution >= 0.6 is 0 Å². The van der Waals surface area contributed by atoms with E-state index in [-0.39, 0.29) is 11.2 Å². The van der Waals surface area contributed by atoms with E-state index in [0.29, 0.717) is 19.8 Å². The van der Waals surface area contributed by atoms with Crippen molar-refractivity contribution in [3.8, 4) is 0 Å². The minimum Gasteiger partial charge on any atom is -0.373 e. The molecule has 3 nitrogen and oxygen atoms in total. The molecule has 90 valence electrons. The molecule has 0 amide bonds. The number of nitrogens with two attached hydrogens (primary N) is 1. The third-order valence-corrected chi connectivity index (χ3v) is 2.15. The standard InChI is InChI=1S/C12H25NO2/c1-6-9-14-12(4,5)10-15-11(2,3)7-8-13/h6H,1,7-10,13H2,2-5H3. The largest absolute Gasteiger partial charge is 0.373 e. The second kappa shape index (κ2) is 6.26. The zero-order valence-corrected chi connectivity index (χ0v) is 10.5. The Labute approximate surface area is 93.6 Å². The van der Waals surface area contributed by atoms with E-state index in [0.717, 1.165) is 6.42 Å². The molecule has 0 aromatic heterocycles. The fraction of sp³-hybridized carbons (Fsp3) is 0.833. The van der Waals surface area contributed by atoms with E-state index in [9.17, 15) is 0 Å². The number of rotatable bonds is 8. The first-order valence-corrected chi connectivity index (χ1v) is 5.42. The first-order valence-electron chi connectivity index (χ1n) is 5.42. The molecule has 0 atom stereocenters. The van der Waals surface area contributed by atoms with Gasteiger partial charge in [0.15, 0.2) is 0 Å².